The van der Waals surface area contributed by atoms with Crippen molar-refractivity contribution in [2.75, 3.05) is 13.2 Å². The molecule has 0 fully saturated rings. The van der Waals surface area contributed by atoms with Crippen molar-refractivity contribution in [1.82, 2.24) is 10.9 Å². The van der Waals surface area contributed by atoms with Crippen molar-refractivity contribution in [3.8, 4) is 11.5 Å². The zero-order valence-electron chi connectivity index (χ0n) is 15.2. The Labute approximate surface area is 167 Å². The van der Waals surface area contributed by atoms with E-state index in [1.165, 1.54) is 0 Å². The van der Waals surface area contributed by atoms with Crippen molar-refractivity contribution in [2.24, 2.45) is 0 Å². The molecule has 0 aliphatic heterocycles. The number of benzene rings is 2. The minimum Gasteiger partial charge on any atom is -0.493 e. The summed E-state index contributed by atoms with van der Waals surface area (Å²) in [5, 5.41) is 0. The van der Waals surface area contributed by atoms with Gasteiger partial charge >= 0.3 is 0 Å². The molecule has 2 amide bonds. The molecular weight excluding hydrogens is 412 g/mol. The summed E-state index contributed by atoms with van der Waals surface area (Å²) in [5.41, 5.74) is 5.08. The normalized spacial score (nSPS) is 10.1. The molecule has 0 spiro atoms. The van der Waals surface area contributed by atoms with Gasteiger partial charge in [0.25, 0.3) is 11.8 Å². The highest BCUT2D eigenvalue weighted by atomic mass is 79.9. The summed E-state index contributed by atoms with van der Waals surface area (Å²) in [4.78, 5) is 24.2. The highest BCUT2D eigenvalue weighted by molar-refractivity contribution is 9.10. The topological polar surface area (TPSA) is 76.7 Å². The van der Waals surface area contributed by atoms with E-state index < -0.39 is 11.8 Å². The van der Waals surface area contributed by atoms with E-state index in [1.54, 1.807) is 36.4 Å². The Hall–Kier alpha value is -2.54. The number of nitrogens with one attached hydrogen (secondary N) is 2. The number of hydrogen-bond acceptors (Lipinski definition) is 4. The average molecular weight is 435 g/mol. The molecule has 0 aliphatic rings. The Bertz CT molecular complexity index is 750. The number of ether oxygens (including phenoxy) is 2. The molecule has 2 rings (SSSR count). The Morgan fingerprint density at radius 2 is 1.70 bits per heavy atom. The summed E-state index contributed by atoms with van der Waals surface area (Å²) in [6, 6.07) is 14.0. The average Bonchev–Trinajstić information content (AvgIpc) is 2.69. The summed E-state index contributed by atoms with van der Waals surface area (Å²) in [6.45, 7) is 2.45. The van der Waals surface area contributed by atoms with Crippen LogP contribution in [0.25, 0.3) is 0 Å². The van der Waals surface area contributed by atoms with Crippen LogP contribution in [0.1, 0.15) is 36.5 Å². The van der Waals surface area contributed by atoms with Crippen LogP contribution in [0.4, 0.5) is 0 Å². The number of carbonyl (C=O) groups is 2. The van der Waals surface area contributed by atoms with Crippen LogP contribution in [0.15, 0.2) is 53.0 Å². The van der Waals surface area contributed by atoms with E-state index in [4.69, 9.17) is 9.47 Å². The molecule has 0 radical (unpaired) electrons. The Morgan fingerprint density at radius 3 is 2.44 bits per heavy atom. The predicted octanol–water partition coefficient (Wildman–Crippen LogP) is 3.86. The second-order valence-corrected chi connectivity index (χ2v) is 6.71. The van der Waals surface area contributed by atoms with Crippen LogP contribution in [-0.2, 0) is 4.79 Å². The quantitative estimate of drug-likeness (QED) is 0.463. The lowest BCUT2D eigenvalue weighted by molar-refractivity contribution is -0.123. The number of hydrogen-bond donors (Lipinski definition) is 2. The summed E-state index contributed by atoms with van der Waals surface area (Å²) in [7, 11) is 0. The third-order valence-corrected chi connectivity index (χ3v) is 4.16. The van der Waals surface area contributed by atoms with Crippen LogP contribution in [0.5, 0.6) is 11.5 Å². The molecule has 0 aromatic heterocycles. The van der Waals surface area contributed by atoms with Crippen molar-refractivity contribution < 1.29 is 19.1 Å². The standard InChI is InChI=1S/C20H23BrN2O4/c1-2-3-6-13-26-18-8-5-4-7-17(18)20(25)23-22-19(24)14-27-16-11-9-15(21)10-12-16/h4-5,7-12H,2-3,6,13-14H2,1H3,(H,22,24)(H,23,25). The molecule has 2 aromatic carbocycles. The van der Waals surface area contributed by atoms with Crippen molar-refractivity contribution in [3.63, 3.8) is 0 Å². The Kier molecular flexibility index (Phi) is 8.64. The molecule has 7 heteroatoms. The predicted molar refractivity (Wildman–Crippen MR) is 107 cm³/mol. The number of amides is 2. The number of para-hydroxylation sites is 1. The number of rotatable bonds is 9. The van der Waals surface area contributed by atoms with Gasteiger partial charge in [0.05, 0.1) is 12.2 Å². The molecule has 0 bridgehead atoms. The van der Waals surface area contributed by atoms with Crippen LogP contribution in [0.2, 0.25) is 0 Å². The second-order valence-electron chi connectivity index (χ2n) is 5.80. The Balaban J connectivity index is 1.80. The lowest BCUT2D eigenvalue weighted by atomic mass is 10.2. The molecular formula is C20H23BrN2O4. The van der Waals surface area contributed by atoms with Gasteiger partial charge in [0.1, 0.15) is 11.5 Å². The maximum Gasteiger partial charge on any atom is 0.276 e. The largest absolute Gasteiger partial charge is 0.493 e. The summed E-state index contributed by atoms with van der Waals surface area (Å²) in [5.74, 6) is 0.141. The summed E-state index contributed by atoms with van der Waals surface area (Å²) in [6.07, 6.45) is 3.10. The molecule has 2 N–H and O–H groups in total. The number of unbranched alkanes of at least 4 members (excludes halogenated alkanes) is 2. The maximum absolute atomic E-state index is 12.3. The lowest BCUT2D eigenvalue weighted by Crippen LogP contribution is -2.43. The SMILES string of the molecule is CCCCCOc1ccccc1C(=O)NNC(=O)COc1ccc(Br)cc1. The van der Waals surface area contributed by atoms with Crippen LogP contribution in [-0.4, -0.2) is 25.0 Å². The lowest BCUT2D eigenvalue weighted by Gasteiger charge is -2.12. The first-order valence-electron chi connectivity index (χ1n) is 8.79. The maximum atomic E-state index is 12.3. The monoisotopic (exact) mass is 434 g/mol. The van der Waals surface area contributed by atoms with E-state index in [9.17, 15) is 9.59 Å². The molecule has 144 valence electrons. The van der Waals surface area contributed by atoms with Crippen LogP contribution in [0.3, 0.4) is 0 Å². The number of carbonyl (C=O) groups excluding carboxylic acids is 2. The van der Waals surface area contributed by atoms with E-state index in [0.717, 1.165) is 23.7 Å². The van der Waals surface area contributed by atoms with Gasteiger partial charge in [-0.3, -0.25) is 20.4 Å². The van der Waals surface area contributed by atoms with Crippen molar-refractivity contribution >= 4 is 27.7 Å². The molecule has 0 saturated carbocycles. The van der Waals surface area contributed by atoms with Gasteiger partial charge in [0.2, 0.25) is 0 Å². The minimum absolute atomic E-state index is 0.211. The van der Waals surface area contributed by atoms with Gasteiger partial charge < -0.3 is 9.47 Å². The molecule has 0 unspecified atom stereocenters. The summed E-state index contributed by atoms with van der Waals surface area (Å²) < 4.78 is 12.0. The second kappa shape index (κ2) is 11.2. The molecule has 27 heavy (non-hydrogen) atoms. The molecule has 6 nitrogen and oxygen atoms in total. The molecule has 0 atom stereocenters. The highest BCUT2D eigenvalue weighted by Gasteiger charge is 2.13. The highest BCUT2D eigenvalue weighted by Crippen LogP contribution is 2.18. The van der Waals surface area contributed by atoms with Gasteiger partial charge in [-0.15, -0.1) is 0 Å². The zero-order valence-corrected chi connectivity index (χ0v) is 16.8. The minimum atomic E-state index is -0.465. The Morgan fingerprint density at radius 1 is 0.963 bits per heavy atom. The van der Waals surface area contributed by atoms with E-state index in [2.05, 4.69) is 33.7 Å². The van der Waals surface area contributed by atoms with Gasteiger partial charge in [-0.25, -0.2) is 0 Å². The third-order valence-electron chi connectivity index (χ3n) is 3.64. The number of hydrazine groups is 1. The third kappa shape index (κ3) is 7.30. The summed E-state index contributed by atoms with van der Waals surface area (Å²) >= 11 is 3.32. The van der Waals surface area contributed by atoms with Gasteiger partial charge in [0, 0.05) is 4.47 Å². The molecule has 2 aromatic rings. The first-order chi connectivity index (χ1) is 13.1. The van der Waals surface area contributed by atoms with Crippen molar-refractivity contribution in [3.05, 3.63) is 58.6 Å². The van der Waals surface area contributed by atoms with Crippen LogP contribution < -0.4 is 20.3 Å². The fraction of sp³-hybridized carbons (Fsp3) is 0.300. The fourth-order valence-corrected chi connectivity index (χ4v) is 2.49. The number of halogens is 1. The van der Waals surface area contributed by atoms with E-state index in [-0.39, 0.29) is 6.61 Å². The first kappa shape index (κ1) is 20.8. The van der Waals surface area contributed by atoms with Crippen molar-refractivity contribution in [1.29, 1.82) is 0 Å². The van der Waals surface area contributed by atoms with E-state index in [1.807, 2.05) is 12.1 Å². The van der Waals surface area contributed by atoms with E-state index in [0.29, 0.717) is 23.7 Å². The van der Waals surface area contributed by atoms with Gasteiger partial charge in [-0.1, -0.05) is 47.8 Å². The first-order valence-corrected chi connectivity index (χ1v) is 9.59. The van der Waals surface area contributed by atoms with Gasteiger partial charge in [-0.2, -0.15) is 0 Å². The molecule has 0 saturated heterocycles. The molecule has 0 heterocycles. The van der Waals surface area contributed by atoms with Crippen LogP contribution >= 0.6 is 15.9 Å². The van der Waals surface area contributed by atoms with E-state index >= 15 is 0 Å². The van der Waals surface area contributed by atoms with Crippen LogP contribution in [0, 0.1) is 0 Å². The fourth-order valence-electron chi connectivity index (χ4n) is 2.22. The zero-order chi connectivity index (χ0) is 19.5. The molecule has 0 aliphatic carbocycles. The van der Waals surface area contributed by atoms with Gasteiger partial charge in [0.15, 0.2) is 6.61 Å². The smallest absolute Gasteiger partial charge is 0.276 e. The van der Waals surface area contributed by atoms with Gasteiger partial charge in [-0.05, 0) is 42.8 Å². The van der Waals surface area contributed by atoms with Crippen molar-refractivity contribution in [2.45, 2.75) is 26.2 Å².